The van der Waals surface area contributed by atoms with Crippen molar-refractivity contribution in [3.8, 4) is 0 Å². The van der Waals surface area contributed by atoms with E-state index in [1.165, 1.54) is 11.1 Å². The average Bonchev–Trinajstić information content (AvgIpc) is 2.69. The molecule has 3 nitrogen and oxygen atoms in total. The Kier molecular flexibility index (Phi) is 3.36. The molecule has 2 atom stereocenters. The van der Waals surface area contributed by atoms with E-state index in [0.717, 1.165) is 6.42 Å². The molecule has 1 aliphatic rings. The third-order valence-electron chi connectivity index (χ3n) is 2.60. The number of benzene rings is 1. The number of rotatable bonds is 3. The van der Waals surface area contributed by atoms with Crippen molar-refractivity contribution in [1.82, 2.24) is 0 Å². The summed E-state index contributed by atoms with van der Waals surface area (Å²) in [5, 5.41) is 0. The zero-order valence-electron chi connectivity index (χ0n) is 8.98. The van der Waals surface area contributed by atoms with Crippen LogP contribution >= 0.6 is 0 Å². The van der Waals surface area contributed by atoms with Crippen molar-refractivity contribution in [3.05, 3.63) is 35.4 Å². The van der Waals surface area contributed by atoms with Gasteiger partial charge in [-0.2, -0.15) is 0 Å². The number of hydrogen-bond donors (Lipinski definition) is 1. The van der Waals surface area contributed by atoms with Gasteiger partial charge in [0.1, 0.15) is 0 Å². The van der Waals surface area contributed by atoms with Crippen molar-refractivity contribution in [2.45, 2.75) is 25.7 Å². The van der Waals surface area contributed by atoms with E-state index in [-0.39, 0.29) is 12.4 Å². The van der Waals surface area contributed by atoms with Crippen LogP contribution in [-0.2, 0) is 15.9 Å². The van der Waals surface area contributed by atoms with Gasteiger partial charge in [-0.15, -0.1) is 0 Å². The van der Waals surface area contributed by atoms with E-state index in [2.05, 4.69) is 31.2 Å². The average molecular weight is 207 g/mol. The summed E-state index contributed by atoms with van der Waals surface area (Å²) in [5.41, 5.74) is 8.01. The molecule has 0 saturated carbocycles. The fourth-order valence-electron chi connectivity index (χ4n) is 1.66. The minimum Gasteiger partial charge on any atom is -0.350 e. The van der Waals surface area contributed by atoms with Crippen molar-refractivity contribution in [2.75, 3.05) is 13.2 Å². The molecule has 1 fully saturated rings. The Bertz CT molecular complexity index is 310. The van der Waals surface area contributed by atoms with Gasteiger partial charge in [0.2, 0.25) is 0 Å². The van der Waals surface area contributed by atoms with Crippen LogP contribution in [0.15, 0.2) is 24.3 Å². The van der Waals surface area contributed by atoms with Gasteiger partial charge in [-0.05, 0) is 12.5 Å². The Morgan fingerprint density at radius 3 is 2.67 bits per heavy atom. The predicted molar refractivity (Wildman–Crippen MR) is 58.6 cm³/mol. The molecule has 1 aliphatic heterocycles. The van der Waals surface area contributed by atoms with Crippen LogP contribution in [0, 0.1) is 6.92 Å². The summed E-state index contributed by atoms with van der Waals surface area (Å²) in [6.45, 7) is 3.23. The highest BCUT2D eigenvalue weighted by atomic mass is 16.7. The van der Waals surface area contributed by atoms with Crippen LogP contribution in [0.25, 0.3) is 0 Å². The summed E-state index contributed by atoms with van der Waals surface area (Å²) < 4.78 is 11.1. The lowest BCUT2D eigenvalue weighted by Gasteiger charge is -2.10. The largest absolute Gasteiger partial charge is 0.350 e. The van der Waals surface area contributed by atoms with Gasteiger partial charge in [-0.3, -0.25) is 0 Å². The number of ether oxygens (including phenoxy) is 2. The lowest BCUT2D eigenvalue weighted by Crippen LogP contribution is -2.23. The molecule has 0 spiro atoms. The molecule has 1 aromatic carbocycles. The highest BCUT2D eigenvalue weighted by Crippen LogP contribution is 2.16. The Morgan fingerprint density at radius 1 is 1.33 bits per heavy atom. The molecular weight excluding hydrogens is 190 g/mol. The molecular formula is C12H17NO2. The molecule has 2 unspecified atom stereocenters. The van der Waals surface area contributed by atoms with E-state index in [1.807, 2.05) is 0 Å². The lowest BCUT2D eigenvalue weighted by molar-refractivity contribution is -0.0541. The third-order valence-corrected chi connectivity index (χ3v) is 2.60. The first-order valence-electron chi connectivity index (χ1n) is 5.30. The van der Waals surface area contributed by atoms with Crippen molar-refractivity contribution < 1.29 is 9.47 Å². The summed E-state index contributed by atoms with van der Waals surface area (Å²) in [6.07, 6.45) is 0.748. The van der Waals surface area contributed by atoms with Gasteiger partial charge in [0.15, 0.2) is 6.29 Å². The van der Waals surface area contributed by atoms with E-state index in [0.29, 0.717) is 13.2 Å². The topological polar surface area (TPSA) is 44.5 Å². The molecule has 0 radical (unpaired) electrons. The minimum absolute atomic E-state index is 0.0699. The molecule has 1 saturated heterocycles. The van der Waals surface area contributed by atoms with Crippen molar-refractivity contribution in [3.63, 3.8) is 0 Å². The highest BCUT2D eigenvalue weighted by molar-refractivity contribution is 5.21. The highest BCUT2D eigenvalue weighted by Gasteiger charge is 2.24. The molecule has 0 bridgehead atoms. The normalized spacial score (nSPS) is 25.7. The molecule has 3 heteroatoms. The molecule has 2 rings (SSSR count). The van der Waals surface area contributed by atoms with Gasteiger partial charge in [0, 0.05) is 13.0 Å². The first-order chi connectivity index (χ1) is 7.28. The number of nitrogens with two attached hydrogens (primary N) is 1. The van der Waals surface area contributed by atoms with Gasteiger partial charge in [-0.1, -0.05) is 29.8 Å². The molecule has 0 aromatic heterocycles. The Morgan fingerprint density at radius 2 is 2.07 bits per heavy atom. The first kappa shape index (κ1) is 10.6. The van der Waals surface area contributed by atoms with Crippen LogP contribution in [0.4, 0.5) is 0 Å². The standard InChI is InChI=1S/C12H17NO2/c1-9-2-4-10(5-3-9)6-12-14-8-11(7-13)15-12/h2-5,11-12H,6-8,13H2,1H3. The molecule has 1 aromatic rings. The first-order valence-corrected chi connectivity index (χ1v) is 5.30. The Balaban J connectivity index is 1.90. The number of hydrogen-bond acceptors (Lipinski definition) is 3. The van der Waals surface area contributed by atoms with Gasteiger partial charge >= 0.3 is 0 Å². The number of aryl methyl sites for hydroxylation is 1. The maximum Gasteiger partial charge on any atom is 0.162 e. The van der Waals surface area contributed by atoms with Gasteiger partial charge in [0.25, 0.3) is 0 Å². The van der Waals surface area contributed by atoms with E-state index < -0.39 is 0 Å². The molecule has 0 aliphatic carbocycles. The maximum absolute atomic E-state index is 5.60. The zero-order valence-corrected chi connectivity index (χ0v) is 8.98. The van der Waals surface area contributed by atoms with E-state index in [4.69, 9.17) is 15.2 Å². The molecule has 15 heavy (non-hydrogen) atoms. The second-order valence-corrected chi connectivity index (χ2v) is 3.95. The SMILES string of the molecule is Cc1ccc(CC2OCC(CN)O2)cc1. The fourth-order valence-corrected chi connectivity index (χ4v) is 1.66. The van der Waals surface area contributed by atoms with Gasteiger partial charge in [-0.25, -0.2) is 0 Å². The quantitative estimate of drug-likeness (QED) is 0.811. The van der Waals surface area contributed by atoms with Crippen LogP contribution in [-0.4, -0.2) is 25.5 Å². The van der Waals surface area contributed by atoms with Crippen molar-refractivity contribution in [1.29, 1.82) is 0 Å². The molecule has 2 N–H and O–H groups in total. The molecule has 0 amide bonds. The summed E-state index contributed by atoms with van der Waals surface area (Å²) in [5.74, 6) is 0. The predicted octanol–water partition coefficient (Wildman–Crippen LogP) is 1.24. The minimum atomic E-state index is -0.124. The monoisotopic (exact) mass is 207 g/mol. The summed E-state index contributed by atoms with van der Waals surface area (Å²) in [6, 6.07) is 8.42. The Labute approximate surface area is 90.2 Å². The summed E-state index contributed by atoms with van der Waals surface area (Å²) in [4.78, 5) is 0. The van der Waals surface area contributed by atoms with Crippen LogP contribution in [0.5, 0.6) is 0 Å². The van der Waals surface area contributed by atoms with E-state index in [9.17, 15) is 0 Å². The summed E-state index contributed by atoms with van der Waals surface area (Å²) >= 11 is 0. The third kappa shape index (κ3) is 2.78. The van der Waals surface area contributed by atoms with Crippen molar-refractivity contribution >= 4 is 0 Å². The molecule has 1 heterocycles. The second kappa shape index (κ2) is 4.75. The van der Waals surface area contributed by atoms with Crippen molar-refractivity contribution in [2.24, 2.45) is 5.73 Å². The van der Waals surface area contributed by atoms with E-state index >= 15 is 0 Å². The smallest absolute Gasteiger partial charge is 0.162 e. The Hall–Kier alpha value is -0.900. The molecule has 82 valence electrons. The zero-order chi connectivity index (χ0) is 10.7. The summed E-state index contributed by atoms with van der Waals surface area (Å²) in [7, 11) is 0. The van der Waals surface area contributed by atoms with Gasteiger partial charge < -0.3 is 15.2 Å². The lowest BCUT2D eigenvalue weighted by atomic mass is 10.1. The second-order valence-electron chi connectivity index (χ2n) is 3.95. The van der Waals surface area contributed by atoms with E-state index in [1.54, 1.807) is 0 Å². The van der Waals surface area contributed by atoms with Crippen LogP contribution in [0.1, 0.15) is 11.1 Å². The maximum atomic E-state index is 5.60. The van der Waals surface area contributed by atoms with Crippen LogP contribution in [0.3, 0.4) is 0 Å². The van der Waals surface area contributed by atoms with Crippen LogP contribution < -0.4 is 5.73 Å². The van der Waals surface area contributed by atoms with Gasteiger partial charge in [0.05, 0.1) is 12.7 Å². The van der Waals surface area contributed by atoms with Crippen LogP contribution in [0.2, 0.25) is 0 Å². The fraction of sp³-hybridized carbons (Fsp3) is 0.500.